The molecule has 0 fully saturated rings. The van der Waals surface area contributed by atoms with Gasteiger partial charge in [-0.15, -0.1) is 0 Å². The number of benzene rings is 1. The fraction of sp³-hybridized carbons (Fsp3) is 0.235. The van der Waals surface area contributed by atoms with Crippen LogP contribution in [-0.4, -0.2) is 29.9 Å². The lowest BCUT2D eigenvalue weighted by molar-refractivity contribution is -0.683. The zero-order chi connectivity index (χ0) is 16.7. The molecule has 5 nitrogen and oxygen atoms in total. The summed E-state index contributed by atoms with van der Waals surface area (Å²) in [4.78, 5) is 24.0. The Morgan fingerprint density at radius 1 is 1.04 bits per heavy atom. The second kappa shape index (κ2) is 10.2. The molecule has 0 atom stereocenters. The van der Waals surface area contributed by atoms with Gasteiger partial charge in [-0.3, -0.25) is 9.59 Å². The van der Waals surface area contributed by atoms with E-state index in [1.807, 2.05) is 0 Å². The smallest absolute Gasteiger partial charge is 0.251 e. The second-order valence-corrected chi connectivity index (χ2v) is 5.46. The number of nitrogens with one attached hydrogen (secondary N) is 1. The van der Waals surface area contributed by atoms with Gasteiger partial charge in [0, 0.05) is 35.9 Å². The summed E-state index contributed by atoms with van der Waals surface area (Å²) in [6.45, 7) is 0.662. The molecule has 0 spiro atoms. The van der Waals surface area contributed by atoms with Crippen LogP contribution in [0.15, 0.2) is 48.8 Å². The van der Waals surface area contributed by atoms with Crippen LogP contribution in [0.1, 0.15) is 27.1 Å². The number of ketones is 1. The largest absolute Gasteiger partial charge is 1.00 e. The van der Waals surface area contributed by atoms with Crippen LogP contribution in [0, 0.1) is 0 Å². The summed E-state index contributed by atoms with van der Waals surface area (Å²) in [6, 6.07) is 10.0. The minimum Gasteiger partial charge on any atom is -1.00 e. The zero-order valence-corrected chi connectivity index (χ0v) is 15.3. The summed E-state index contributed by atoms with van der Waals surface area (Å²) in [6.07, 6.45) is 3.90. The second-order valence-electron chi connectivity index (χ2n) is 5.02. The number of Topliss-reactive ketones (excluding diaryl/α,β-unsaturated/α-hetero) is 1. The molecule has 0 radical (unpaired) electrons. The molecule has 1 aromatic heterocycles. The van der Waals surface area contributed by atoms with Crippen molar-refractivity contribution >= 4 is 23.3 Å². The van der Waals surface area contributed by atoms with E-state index in [1.54, 1.807) is 53.4 Å². The van der Waals surface area contributed by atoms with Gasteiger partial charge in [-0.2, -0.15) is 4.57 Å². The molecule has 7 heteroatoms. The standard InChI is InChI=1S/C17H17ClN2O3.BrH/c18-15-4-2-13(3-5-15)16(22)12-20-9-6-14(7-10-20)17(23)19-8-1-11-21;/h2-7,9-10,21H,1,8,11-12H2;1H. The van der Waals surface area contributed by atoms with Crippen molar-refractivity contribution in [3.63, 3.8) is 0 Å². The van der Waals surface area contributed by atoms with Gasteiger partial charge in [0.05, 0.1) is 5.56 Å². The average Bonchev–Trinajstić information content (AvgIpc) is 2.56. The van der Waals surface area contributed by atoms with Gasteiger partial charge in [-0.05, 0) is 30.7 Å². The van der Waals surface area contributed by atoms with E-state index in [2.05, 4.69) is 5.32 Å². The number of carbonyl (C=O) groups excluding carboxylic acids is 2. The fourth-order valence-electron chi connectivity index (χ4n) is 1.99. The van der Waals surface area contributed by atoms with Crippen molar-refractivity contribution in [2.45, 2.75) is 13.0 Å². The normalized spacial score (nSPS) is 9.92. The molecule has 2 aromatic rings. The molecule has 0 aliphatic rings. The third-order valence-corrected chi connectivity index (χ3v) is 3.52. The first-order chi connectivity index (χ1) is 11.1. The Labute approximate surface area is 156 Å². The van der Waals surface area contributed by atoms with E-state index >= 15 is 0 Å². The van der Waals surface area contributed by atoms with Gasteiger partial charge < -0.3 is 27.4 Å². The summed E-state index contributed by atoms with van der Waals surface area (Å²) >= 11 is 5.80. The van der Waals surface area contributed by atoms with Gasteiger partial charge in [-0.1, -0.05) is 11.6 Å². The summed E-state index contributed by atoms with van der Waals surface area (Å²) in [5.41, 5.74) is 1.10. The number of aliphatic hydroxyl groups is 1. The predicted molar refractivity (Wildman–Crippen MR) is 86.5 cm³/mol. The maximum atomic E-state index is 12.2. The molecular weight excluding hydrogens is 396 g/mol. The van der Waals surface area contributed by atoms with Crippen LogP contribution in [0.2, 0.25) is 5.02 Å². The Balaban J connectivity index is 0.00000288. The van der Waals surface area contributed by atoms with Crippen LogP contribution < -0.4 is 26.9 Å². The topological polar surface area (TPSA) is 70.3 Å². The number of rotatable bonds is 7. The monoisotopic (exact) mass is 412 g/mol. The van der Waals surface area contributed by atoms with E-state index in [4.69, 9.17) is 16.7 Å². The van der Waals surface area contributed by atoms with Gasteiger partial charge in [0.25, 0.3) is 5.91 Å². The Kier molecular flexibility index (Phi) is 8.60. The molecule has 0 saturated carbocycles. The van der Waals surface area contributed by atoms with Gasteiger partial charge in [0.1, 0.15) is 0 Å². The number of amides is 1. The third-order valence-electron chi connectivity index (χ3n) is 3.27. The number of carbonyl (C=O) groups is 2. The molecule has 1 amide bonds. The van der Waals surface area contributed by atoms with Crippen LogP contribution in [0.4, 0.5) is 0 Å². The van der Waals surface area contributed by atoms with Crippen molar-refractivity contribution in [3.05, 3.63) is 64.9 Å². The van der Waals surface area contributed by atoms with Crippen molar-refractivity contribution in [1.29, 1.82) is 0 Å². The molecule has 0 bridgehead atoms. The molecule has 0 saturated heterocycles. The lowest BCUT2D eigenvalue weighted by atomic mass is 10.1. The van der Waals surface area contributed by atoms with Gasteiger partial charge >= 0.3 is 0 Å². The van der Waals surface area contributed by atoms with E-state index in [9.17, 15) is 9.59 Å². The number of aromatic nitrogens is 1. The molecule has 128 valence electrons. The Bertz CT molecular complexity index is 675. The molecular formula is C17H18BrClN2O3. The fourth-order valence-corrected chi connectivity index (χ4v) is 2.12. The van der Waals surface area contributed by atoms with Crippen molar-refractivity contribution in [1.82, 2.24) is 5.32 Å². The lowest BCUT2D eigenvalue weighted by Crippen LogP contribution is -3.00. The summed E-state index contributed by atoms with van der Waals surface area (Å²) in [5, 5.41) is 12.0. The maximum absolute atomic E-state index is 12.2. The summed E-state index contributed by atoms with van der Waals surface area (Å²) < 4.78 is 1.71. The predicted octanol–water partition coefficient (Wildman–Crippen LogP) is -1.37. The van der Waals surface area contributed by atoms with Gasteiger partial charge in [-0.25, -0.2) is 0 Å². The van der Waals surface area contributed by atoms with E-state index in [0.717, 1.165) is 0 Å². The SMILES string of the molecule is O=C(C[n+]1ccc(C(=O)NCCCO)cc1)c1ccc(Cl)cc1.[Br-]. The van der Waals surface area contributed by atoms with Gasteiger partial charge in [0.15, 0.2) is 12.4 Å². The van der Waals surface area contributed by atoms with E-state index in [0.29, 0.717) is 29.1 Å². The summed E-state index contributed by atoms with van der Waals surface area (Å²) in [5.74, 6) is -0.235. The lowest BCUT2D eigenvalue weighted by Gasteiger charge is -2.03. The first-order valence-electron chi connectivity index (χ1n) is 7.27. The van der Waals surface area contributed by atoms with Crippen molar-refractivity contribution in [3.8, 4) is 0 Å². The number of pyridine rings is 1. The minimum atomic E-state index is -0.199. The number of nitrogens with zero attached hydrogens (tertiary/aromatic N) is 1. The molecule has 2 rings (SSSR count). The molecule has 0 unspecified atom stereocenters. The van der Waals surface area contributed by atoms with Gasteiger partial charge in [0.2, 0.25) is 12.3 Å². The first kappa shape index (κ1) is 20.3. The molecule has 0 aliphatic carbocycles. The van der Waals surface area contributed by atoms with E-state index in [-0.39, 0.29) is 41.8 Å². The Morgan fingerprint density at radius 2 is 1.67 bits per heavy atom. The first-order valence-corrected chi connectivity index (χ1v) is 7.65. The number of halogens is 2. The molecule has 1 heterocycles. The van der Waals surface area contributed by atoms with Crippen molar-refractivity contribution < 1.29 is 36.2 Å². The molecule has 1 aromatic carbocycles. The van der Waals surface area contributed by atoms with Crippen LogP contribution in [0.5, 0.6) is 0 Å². The Hall–Kier alpha value is -1.76. The number of hydrogen-bond acceptors (Lipinski definition) is 3. The highest BCUT2D eigenvalue weighted by Crippen LogP contribution is 2.10. The van der Waals surface area contributed by atoms with Crippen LogP contribution in [0.3, 0.4) is 0 Å². The summed E-state index contributed by atoms with van der Waals surface area (Å²) in [7, 11) is 0. The van der Waals surface area contributed by atoms with Crippen molar-refractivity contribution in [2.75, 3.05) is 13.2 Å². The van der Waals surface area contributed by atoms with Crippen molar-refractivity contribution in [2.24, 2.45) is 0 Å². The number of aliphatic hydroxyl groups excluding tert-OH is 1. The van der Waals surface area contributed by atoms with E-state index in [1.165, 1.54) is 0 Å². The van der Waals surface area contributed by atoms with Crippen LogP contribution in [-0.2, 0) is 6.54 Å². The zero-order valence-electron chi connectivity index (χ0n) is 12.9. The van der Waals surface area contributed by atoms with Crippen LogP contribution in [0.25, 0.3) is 0 Å². The quantitative estimate of drug-likeness (QED) is 0.334. The highest BCUT2D eigenvalue weighted by atomic mass is 79.9. The van der Waals surface area contributed by atoms with Crippen LogP contribution >= 0.6 is 11.6 Å². The molecule has 24 heavy (non-hydrogen) atoms. The average molecular weight is 414 g/mol. The van der Waals surface area contributed by atoms with E-state index < -0.39 is 0 Å². The highest BCUT2D eigenvalue weighted by Gasteiger charge is 2.13. The Morgan fingerprint density at radius 3 is 2.25 bits per heavy atom. The highest BCUT2D eigenvalue weighted by molar-refractivity contribution is 6.30. The molecule has 0 aliphatic heterocycles. The number of hydrogen-bond donors (Lipinski definition) is 2. The molecule has 2 N–H and O–H groups in total. The minimum absolute atomic E-state index is 0. The third kappa shape index (κ3) is 6.03. The maximum Gasteiger partial charge on any atom is 0.251 e.